The molecule has 37 heavy (non-hydrogen) atoms. The molecule has 0 unspecified atom stereocenters. The number of amides is 1. The van der Waals surface area contributed by atoms with E-state index in [0.29, 0.717) is 17.7 Å². The molecule has 0 saturated heterocycles. The Kier molecular flexibility index (Phi) is 7.86. The van der Waals surface area contributed by atoms with E-state index in [2.05, 4.69) is 15.0 Å². The quantitative estimate of drug-likeness (QED) is 0.202. The molecule has 2 aromatic heterocycles. The number of nitrogens with one attached hydrogen (secondary N) is 1. The maximum Gasteiger partial charge on any atom is 0.410 e. The van der Waals surface area contributed by atoms with Crippen LogP contribution in [-0.4, -0.2) is 29.0 Å². The number of alkyl carbamates (subject to hydrolysis) is 1. The van der Waals surface area contributed by atoms with Crippen molar-refractivity contribution in [2.75, 3.05) is 7.04 Å². The number of aryl methyl sites for hydroxylation is 1. The molecule has 0 aliphatic heterocycles. The molecule has 3 aromatic rings. The van der Waals surface area contributed by atoms with E-state index in [1.807, 2.05) is 0 Å². The van der Waals surface area contributed by atoms with Gasteiger partial charge < -0.3 is 19.0 Å². The number of ketones is 1. The van der Waals surface area contributed by atoms with E-state index < -0.39 is 47.5 Å². The minimum absolute atomic E-state index is 0.0302. The van der Waals surface area contributed by atoms with Gasteiger partial charge in [-0.05, 0) is 43.5 Å². The number of aromatic nitrogens is 1. The first kappa shape index (κ1) is 23.1. The summed E-state index contributed by atoms with van der Waals surface area (Å²) in [5.74, 6) is -3.27. The molecule has 0 atom stereocenters. The number of carbonyl (C=O) groups excluding carboxylic acids is 2. The van der Waals surface area contributed by atoms with Crippen molar-refractivity contribution in [1.82, 2.24) is 10.3 Å². The second kappa shape index (κ2) is 12.6. The van der Waals surface area contributed by atoms with Gasteiger partial charge in [-0.25, -0.2) is 23.4 Å². The zero-order valence-corrected chi connectivity index (χ0v) is 20.1. The maximum atomic E-state index is 13.4. The highest BCUT2D eigenvalue weighted by molar-refractivity contribution is 7.14. The SMILES string of the molecule is [2H]C([2H])([2H])OC(=O)N/C=C/CCCc1cc(O)c(C(=O)C(C)=Cc2cnc(Oc3ccc(F)c(F)c3)s2)c(=O)o1. The molecule has 0 radical (unpaired) electrons. The lowest BCUT2D eigenvalue weighted by Crippen LogP contribution is -2.16. The zero-order chi connectivity index (χ0) is 29.4. The summed E-state index contributed by atoms with van der Waals surface area (Å²) in [5, 5.41) is 12.6. The van der Waals surface area contributed by atoms with Crippen LogP contribution < -0.4 is 15.7 Å². The average Bonchev–Trinajstić information content (AvgIpc) is 3.28. The fraction of sp³-hybridized carbons (Fsp3) is 0.200. The Morgan fingerprint density at radius 3 is 2.84 bits per heavy atom. The highest BCUT2D eigenvalue weighted by Gasteiger charge is 2.21. The Hall–Kier alpha value is -4.32. The van der Waals surface area contributed by atoms with Gasteiger partial charge >= 0.3 is 11.7 Å². The second-order valence-electron chi connectivity index (χ2n) is 7.45. The van der Waals surface area contributed by atoms with Crippen LogP contribution in [0.15, 0.2) is 57.5 Å². The number of unbranched alkanes of at least 4 members (excludes halogenated alkanes) is 1. The van der Waals surface area contributed by atoms with Gasteiger partial charge in [-0.2, -0.15) is 0 Å². The Morgan fingerprint density at radius 1 is 1.30 bits per heavy atom. The lowest BCUT2D eigenvalue weighted by Gasteiger charge is -2.05. The number of allylic oxidation sites excluding steroid dienone is 2. The van der Waals surface area contributed by atoms with Crippen molar-refractivity contribution >= 4 is 29.3 Å². The molecular weight excluding hydrogens is 510 g/mol. The molecule has 0 fully saturated rings. The third kappa shape index (κ3) is 7.58. The lowest BCUT2D eigenvalue weighted by atomic mass is 10.0. The van der Waals surface area contributed by atoms with Crippen LogP contribution in [0.25, 0.3) is 6.08 Å². The molecule has 12 heteroatoms. The van der Waals surface area contributed by atoms with E-state index >= 15 is 0 Å². The molecule has 194 valence electrons. The number of nitrogens with zero attached hydrogens (tertiary/aromatic N) is 1. The first-order chi connectivity index (χ1) is 18.8. The Balaban J connectivity index is 1.58. The minimum atomic E-state index is -2.85. The van der Waals surface area contributed by atoms with E-state index in [4.69, 9.17) is 13.3 Å². The van der Waals surface area contributed by atoms with Gasteiger partial charge in [0, 0.05) is 31.0 Å². The highest BCUT2D eigenvalue weighted by atomic mass is 32.1. The predicted molar refractivity (Wildman–Crippen MR) is 131 cm³/mol. The first-order valence-electron chi connectivity index (χ1n) is 12.1. The van der Waals surface area contributed by atoms with Gasteiger partial charge in [0.1, 0.15) is 22.8 Å². The lowest BCUT2D eigenvalue weighted by molar-refractivity contribution is 0.102. The van der Waals surface area contributed by atoms with E-state index in [1.54, 1.807) is 0 Å². The van der Waals surface area contributed by atoms with Crippen LogP contribution in [0, 0.1) is 11.6 Å². The summed E-state index contributed by atoms with van der Waals surface area (Å²) < 4.78 is 61.6. The topological polar surface area (TPSA) is 128 Å². The number of benzene rings is 1. The van der Waals surface area contributed by atoms with Crippen molar-refractivity contribution in [2.24, 2.45) is 0 Å². The predicted octanol–water partition coefficient (Wildman–Crippen LogP) is 5.35. The number of carbonyl (C=O) groups is 2. The summed E-state index contributed by atoms with van der Waals surface area (Å²) >= 11 is 1.01. The molecule has 1 amide bonds. The van der Waals surface area contributed by atoms with Crippen molar-refractivity contribution < 1.29 is 41.5 Å². The third-order valence-electron chi connectivity index (χ3n) is 4.73. The molecule has 3 rings (SSSR count). The summed E-state index contributed by atoms with van der Waals surface area (Å²) in [4.78, 5) is 41.0. The fourth-order valence-corrected chi connectivity index (χ4v) is 3.78. The monoisotopic (exact) mass is 535 g/mol. The van der Waals surface area contributed by atoms with E-state index in [9.17, 15) is 28.3 Å². The van der Waals surface area contributed by atoms with Gasteiger partial charge in [-0.3, -0.25) is 10.1 Å². The average molecular weight is 536 g/mol. The van der Waals surface area contributed by atoms with Crippen LogP contribution in [0.5, 0.6) is 16.7 Å². The van der Waals surface area contributed by atoms with E-state index in [-0.39, 0.29) is 28.7 Å². The summed E-state index contributed by atoms with van der Waals surface area (Å²) in [6, 6.07) is 4.17. The number of hydrogen-bond donors (Lipinski definition) is 2. The molecule has 0 bridgehead atoms. The second-order valence-corrected chi connectivity index (χ2v) is 8.48. The number of rotatable bonds is 10. The van der Waals surface area contributed by atoms with Crippen LogP contribution in [0.4, 0.5) is 13.6 Å². The molecule has 0 spiro atoms. The molecule has 2 N–H and O–H groups in total. The van der Waals surface area contributed by atoms with Gasteiger partial charge in [0.2, 0.25) is 0 Å². The summed E-state index contributed by atoms with van der Waals surface area (Å²) in [6.07, 6.45) is 5.44. The molecule has 1 aromatic carbocycles. The molecule has 0 aliphatic carbocycles. The Morgan fingerprint density at radius 2 is 2.11 bits per heavy atom. The van der Waals surface area contributed by atoms with Crippen molar-refractivity contribution in [3.63, 3.8) is 0 Å². The van der Waals surface area contributed by atoms with Gasteiger partial charge in [-0.1, -0.05) is 17.4 Å². The Labute approximate surface area is 217 Å². The maximum absolute atomic E-state index is 13.4. The first-order valence-corrected chi connectivity index (χ1v) is 11.5. The summed E-state index contributed by atoms with van der Waals surface area (Å²) in [6.45, 7) is 1.43. The fourth-order valence-electron chi connectivity index (χ4n) is 3.00. The van der Waals surface area contributed by atoms with E-state index in [0.717, 1.165) is 29.5 Å². The number of halogens is 2. The highest BCUT2D eigenvalue weighted by Crippen LogP contribution is 2.29. The molecule has 0 aliphatic rings. The standard InChI is InChI=1S/C25H22F2N2O7S/c1-14(10-17-13-29-25(37-17)36-16-7-8-18(26)19(27)11-16)22(31)21-20(30)12-15(35-23(21)32)6-4-3-5-9-28-24(33)34-2/h5,7-13,30H,3-4,6H2,1-2H3,(H,28,33)/b9-5+,14-10?/i2D3. The van der Waals surface area contributed by atoms with Gasteiger partial charge in [0.25, 0.3) is 5.19 Å². The molecule has 2 heterocycles. The van der Waals surface area contributed by atoms with Crippen LogP contribution in [0.3, 0.4) is 0 Å². The van der Waals surface area contributed by atoms with Crippen molar-refractivity contribution in [3.8, 4) is 16.7 Å². The number of aromatic hydroxyl groups is 1. The van der Waals surface area contributed by atoms with Gasteiger partial charge in [0.05, 0.1) is 16.0 Å². The normalized spacial score (nSPS) is 13.1. The van der Waals surface area contributed by atoms with E-state index in [1.165, 1.54) is 37.5 Å². The van der Waals surface area contributed by atoms with Crippen molar-refractivity contribution in [3.05, 3.63) is 86.6 Å². The number of ether oxygens (including phenoxy) is 2. The minimum Gasteiger partial charge on any atom is -0.507 e. The zero-order valence-electron chi connectivity index (χ0n) is 22.2. The van der Waals surface area contributed by atoms with Crippen LogP contribution in [0.1, 0.15) is 44.9 Å². The van der Waals surface area contributed by atoms with Crippen LogP contribution in [0.2, 0.25) is 0 Å². The number of methoxy groups -OCH3 is 1. The van der Waals surface area contributed by atoms with Gasteiger partial charge in [0.15, 0.2) is 17.4 Å². The third-order valence-corrected chi connectivity index (χ3v) is 5.55. The van der Waals surface area contributed by atoms with Crippen LogP contribution in [-0.2, 0) is 11.2 Å². The van der Waals surface area contributed by atoms with Crippen LogP contribution >= 0.6 is 11.3 Å². The molecule has 9 nitrogen and oxygen atoms in total. The smallest absolute Gasteiger partial charge is 0.410 e. The molecular formula is C25H22F2N2O7S. The van der Waals surface area contributed by atoms with Crippen molar-refractivity contribution in [1.29, 1.82) is 0 Å². The number of hydrogen-bond acceptors (Lipinski definition) is 9. The Bertz CT molecular complexity index is 1520. The number of thiazole rings is 1. The largest absolute Gasteiger partial charge is 0.507 e. The summed E-state index contributed by atoms with van der Waals surface area (Å²) in [5.41, 5.74) is -1.48. The molecule has 0 saturated carbocycles. The van der Waals surface area contributed by atoms with Crippen molar-refractivity contribution in [2.45, 2.75) is 26.2 Å². The number of Topliss-reactive ketones (excluding diaryl/α,β-unsaturated/α-hetero) is 1. The summed E-state index contributed by atoms with van der Waals surface area (Å²) in [7, 11) is -2.85. The van der Waals surface area contributed by atoms with Gasteiger partial charge in [-0.15, -0.1) is 0 Å².